The van der Waals surface area contributed by atoms with E-state index in [1.165, 1.54) is 0 Å². The number of primary amides is 3. The minimum absolute atomic E-state index is 0.00750. The fourth-order valence-electron chi connectivity index (χ4n) is 13.1. The zero-order valence-corrected chi connectivity index (χ0v) is 65.5. The van der Waals surface area contributed by atoms with Gasteiger partial charge in [0.05, 0.1) is 32.9 Å². The molecule has 37 N–H and O–H groups in total. The van der Waals surface area contributed by atoms with Crippen molar-refractivity contribution in [3.05, 3.63) is 6.54 Å². The largest absolute Gasteiger partial charge is 0.395 e. The Labute approximate surface area is 640 Å². The lowest BCUT2D eigenvalue weighted by Gasteiger charge is -2.31. The Kier molecular flexibility index (Phi) is 58.9. The summed E-state index contributed by atoms with van der Waals surface area (Å²) in [6, 6.07) is 0.438. The second-order valence-electron chi connectivity index (χ2n) is 28.9. The number of hydrogen-bond donors (Lipinski definition) is 27. The molecule has 37 nitrogen and oxygen atoms in total. The third-order valence-electron chi connectivity index (χ3n) is 19.2. The van der Waals surface area contributed by atoms with Gasteiger partial charge in [0.15, 0.2) is 17.9 Å². The fraction of sp³-hybridized carbons (Fsp3) is 0.871. The molecule has 2 aliphatic rings. The Morgan fingerprint density at radius 3 is 1.51 bits per heavy atom. The third-order valence-corrected chi connectivity index (χ3v) is 19.2. The number of likely N-dealkylation sites (N-methyl/N-ethyl adjacent to an activating group) is 1. The average molecular weight is 1520 g/mol. The molecule has 0 aromatic rings. The van der Waals surface area contributed by atoms with Gasteiger partial charge in [-0.25, -0.2) is 0 Å². The van der Waals surface area contributed by atoms with Gasteiger partial charge >= 0.3 is 0 Å². The van der Waals surface area contributed by atoms with Crippen molar-refractivity contribution in [3.8, 4) is 0 Å². The number of aliphatic hydroxyl groups excluding tert-OH is 3. The van der Waals surface area contributed by atoms with Crippen LogP contribution in [0.15, 0.2) is 25.0 Å². The Morgan fingerprint density at radius 2 is 0.953 bits per heavy atom. The van der Waals surface area contributed by atoms with Crippen LogP contribution in [-0.2, 0) is 14.4 Å². The highest BCUT2D eigenvalue weighted by Gasteiger charge is 2.29. The lowest BCUT2D eigenvalue weighted by Crippen LogP contribution is -2.52. The van der Waals surface area contributed by atoms with Crippen molar-refractivity contribution in [1.82, 2.24) is 84.2 Å². The first-order valence-electron chi connectivity index (χ1n) is 39.6. The number of nitrogens with two attached hydrogens (primary N) is 10. The van der Waals surface area contributed by atoms with Crippen LogP contribution >= 0.6 is 0 Å². The molecular formula is C70H152N31O6. The van der Waals surface area contributed by atoms with Crippen molar-refractivity contribution in [3.63, 3.8) is 0 Å². The molecule has 3 amide bonds. The molecular weight excluding hydrogens is 1370 g/mol. The van der Waals surface area contributed by atoms with Crippen molar-refractivity contribution in [2.45, 2.75) is 189 Å². The van der Waals surface area contributed by atoms with Crippen LogP contribution < -0.4 is 132 Å². The second kappa shape index (κ2) is 64.4. The first-order valence-corrected chi connectivity index (χ1v) is 39.6. The molecule has 623 valence electrons. The molecule has 2 saturated heterocycles. The van der Waals surface area contributed by atoms with Crippen LogP contribution in [0.3, 0.4) is 0 Å². The van der Waals surface area contributed by atoms with Crippen LogP contribution in [0.4, 0.5) is 0 Å². The van der Waals surface area contributed by atoms with E-state index < -0.39 is 5.91 Å². The smallest absolute Gasteiger partial charge is 0.219 e. The molecule has 107 heavy (non-hydrogen) atoms. The molecule has 0 saturated carbocycles. The number of hydrogen-bond acceptors (Lipinski definition) is 28. The standard InChI is InChI=1S/C70H152N31O6/c1-52(2)35-59(39-86-29-32-88-57(11-6-20-93-70(79)80)47-100-33-8-13-64(100)46-99-55(10-5-19-92-69(77)78)41-96-58(37-71)36-67(74)107)89-30-27-83-22-21-82-23-25-85-38-54(9-4-18-91-68(75)76)94-44-61(50-103)97-42-56(15-17-66(73)106)95-43-60(49-102)90-31-28-84-24-26-87-45-63-12-7-34-101(63)48-62(51-104)98-40-53(81-3)14-16-65(72)105/h26,28-29,52-64,81-83,85-86,88-90,94-99,102-104H,4-25,27,30-51,71H2,1-3H3,(H2,72,105)(H2,73,106)(H2,74,107)(H4,75,76,91)(H4,77,78,92)(H4,79,80,93)/t53-,54-,55-,56-,57-,58-,59-,60+,61+,62+,63-,64-/m0/s1. The van der Waals surface area contributed by atoms with E-state index >= 15 is 0 Å². The predicted molar refractivity (Wildman–Crippen MR) is 436 cm³/mol. The van der Waals surface area contributed by atoms with Crippen molar-refractivity contribution < 1.29 is 29.7 Å². The monoisotopic (exact) mass is 1520 g/mol. The lowest BCUT2D eigenvalue weighted by molar-refractivity contribution is -0.119. The maximum absolute atomic E-state index is 11.9. The number of rotatable bonds is 74. The molecule has 2 aliphatic heterocycles. The molecule has 37 heteroatoms. The van der Waals surface area contributed by atoms with E-state index in [4.69, 9.17) is 57.3 Å². The van der Waals surface area contributed by atoms with Gasteiger partial charge in [0, 0.05) is 255 Å². The van der Waals surface area contributed by atoms with E-state index in [0.717, 1.165) is 143 Å². The highest BCUT2D eigenvalue weighted by atomic mass is 16.3. The normalized spacial score (nSPS) is 18.0. The van der Waals surface area contributed by atoms with Gasteiger partial charge in [-0.3, -0.25) is 49.1 Å². The summed E-state index contributed by atoms with van der Waals surface area (Å²) in [6.07, 6.45) is 15.7. The number of nitrogens with zero attached hydrogens (tertiary/aromatic N) is 7. The number of likely N-dealkylation sites (tertiary alicyclic amines) is 2. The number of carbonyl (C=O) groups is 3. The maximum Gasteiger partial charge on any atom is 0.219 e. The van der Waals surface area contributed by atoms with E-state index in [0.29, 0.717) is 135 Å². The van der Waals surface area contributed by atoms with Crippen molar-refractivity contribution in [2.75, 3.05) is 197 Å². The number of nitrogens with one attached hydrogen (secondary N) is 14. The number of carbonyl (C=O) groups excluding carboxylic acids is 3. The zero-order valence-electron chi connectivity index (χ0n) is 65.5. The molecule has 0 unspecified atom stereocenters. The quantitative estimate of drug-likeness (QED) is 0.0153. The summed E-state index contributed by atoms with van der Waals surface area (Å²) in [5.74, 6) is -0.332. The summed E-state index contributed by atoms with van der Waals surface area (Å²) in [5, 5.41) is 80.5. The summed E-state index contributed by atoms with van der Waals surface area (Å²) in [7, 11) is 1.85. The van der Waals surface area contributed by atoms with E-state index in [9.17, 15) is 29.7 Å². The third kappa shape index (κ3) is 54.1. The van der Waals surface area contributed by atoms with Gasteiger partial charge in [0.25, 0.3) is 0 Å². The number of guanidine groups is 3. The minimum atomic E-state index is -0.405. The van der Waals surface area contributed by atoms with Gasteiger partial charge in [-0.15, -0.1) is 0 Å². The van der Waals surface area contributed by atoms with E-state index in [1.54, 1.807) is 6.21 Å². The number of aliphatic imine (C=N–C) groups is 5. The average Bonchev–Trinajstić information content (AvgIpc) is 1.75. The van der Waals surface area contributed by atoms with Crippen LogP contribution in [0, 0.1) is 12.5 Å². The lowest BCUT2D eigenvalue weighted by atomic mass is 10.0. The van der Waals surface area contributed by atoms with Crippen LogP contribution in [0.25, 0.3) is 0 Å². The van der Waals surface area contributed by atoms with E-state index in [-0.39, 0.29) is 123 Å². The van der Waals surface area contributed by atoms with Crippen molar-refractivity contribution in [1.29, 1.82) is 0 Å². The molecule has 2 heterocycles. The Balaban J connectivity index is 1.78. The van der Waals surface area contributed by atoms with Crippen molar-refractivity contribution >= 4 is 48.0 Å². The van der Waals surface area contributed by atoms with Crippen molar-refractivity contribution in [2.24, 2.45) is 88.2 Å². The molecule has 0 aromatic heterocycles. The first kappa shape index (κ1) is 97.8. The molecule has 2 rings (SSSR count). The highest BCUT2D eigenvalue weighted by Crippen LogP contribution is 2.20. The van der Waals surface area contributed by atoms with Gasteiger partial charge in [0.2, 0.25) is 17.7 Å². The topological polar surface area (TPSA) is 609 Å². The van der Waals surface area contributed by atoms with Gasteiger partial charge < -0.3 is 147 Å². The van der Waals surface area contributed by atoms with Gasteiger partial charge in [-0.05, 0) is 110 Å². The summed E-state index contributed by atoms with van der Waals surface area (Å²) in [6.45, 7) is 24.0. The van der Waals surface area contributed by atoms with Gasteiger partial charge in [0.1, 0.15) is 0 Å². The summed E-state index contributed by atoms with van der Waals surface area (Å²) in [4.78, 5) is 61.5. The highest BCUT2D eigenvalue weighted by molar-refractivity contribution is 5.76. The first-order chi connectivity index (χ1) is 51.7. The molecule has 0 aliphatic carbocycles. The Hall–Kier alpha value is -5.24. The number of amides is 3. The molecule has 1 radical (unpaired) electrons. The zero-order chi connectivity index (χ0) is 78.5. The number of aliphatic hydroxyl groups is 3. The minimum Gasteiger partial charge on any atom is -0.395 e. The van der Waals surface area contributed by atoms with Crippen LogP contribution in [0.1, 0.15) is 117 Å². The summed E-state index contributed by atoms with van der Waals surface area (Å²) in [5.41, 5.74) is 56.1. The maximum atomic E-state index is 11.9. The molecule has 0 spiro atoms. The van der Waals surface area contributed by atoms with E-state index in [1.807, 2.05) is 13.3 Å². The van der Waals surface area contributed by atoms with Crippen LogP contribution in [0.2, 0.25) is 0 Å². The predicted octanol–water partition coefficient (Wildman–Crippen LogP) is -8.66. The fourth-order valence-corrected chi connectivity index (χ4v) is 13.1. The SMILES string of the molecule is CN[C@@H](CCC(N)=O)CN[C@@H](CO)CN1CCC[C@H]1CN=CCN=CCN[C@@H](CO)CN[C@@H](CCC(N)=O)CN[C@@H](CO)CN[C@@H](CCCN=C(N)N)CNCCNCCNCCN[C@H](CN[CH]CN[C@@H](CCCN=C(N)N)CN1CCC[C@H]1CN[C@@H](CCCN=C(N)N)CN[C@H](CN)CC(N)=O)CC(C)C. The summed E-state index contributed by atoms with van der Waals surface area (Å²) < 4.78 is 0. The molecule has 0 bridgehead atoms. The molecule has 0 aromatic carbocycles. The molecule has 2 fully saturated rings. The van der Waals surface area contributed by atoms with E-state index in [2.05, 4.69) is 130 Å². The van der Waals surface area contributed by atoms with Crippen LogP contribution in [-0.4, -0.2) is 343 Å². The Bertz CT molecular complexity index is 2360. The Morgan fingerprint density at radius 1 is 0.477 bits per heavy atom. The molecule has 12 atom stereocenters. The van der Waals surface area contributed by atoms with Gasteiger partial charge in [-0.1, -0.05) is 13.8 Å². The second-order valence-corrected chi connectivity index (χ2v) is 28.9. The summed E-state index contributed by atoms with van der Waals surface area (Å²) >= 11 is 0. The van der Waals surface area contributed by atoms with Gasteiger partial charge in [-0.2, -0.15) is 0 Å². The van der Waals surface area contributed by atoms with Crippen LogP contribution in [0.5, 0.6) is 0 Å².